The van der Waals surface area contributed by atoms with Crippen LogP contribution in [0.2, 0.25) is 0 Å². The SMILES string of the molecule is CCNC(=O)CCc1ccc2c(c1)C(COC(=O)ON1C(=O)CCC1=O)c1cccc(C(=O)CC)c1-2. The van der Waals surface area contributed by atoms with E-state index in [0.717, 1.165) is 27.8 Å². The van der Waals surface area contributed by atoms with Gasteiger partial charge in [-0.15, -0.1) is 0 Å². The molecule has 0 saturated carbocycles. The molecule has 1 aliphatic carbocycles. The molecule has 1 unspecified atom stereocenters. The molecule has 0 bridgehead atoms. The van der Waals surface area contributed by atoms with Gasteiger partial charge in [0, 0.05) is 43.7 Å². The van der Waals surface area contributed by atoms with E-state index in [1.807, 2.05) is 31.2 Å². The highest BCUT2D eigenvalue weighted by atomic mass is 16.8. The van der Waals surface area contributed by atoms with Crippen LogP contribution < -0.4 is 5.32 Å². The van der Waals surface area contributed by atoms with E-state index in [1.165, 1.54) is 0 Å². The summed E-state index contributed by atoms with van der Waals surface area (Å²) in [7, 11) is 0. The van der Waals surface area contributed by atoms with E-state index >= 15 is 0 Å². The van der Waals surface area contributed by atoms with Gasteiger partial charge in [-0.2, -0.15) is 0 Å². The van der Waals surface area contributed by atoms with Crippen molar-refractivity contribution in [2.75, 3.05) is 13.2 Å². The maximum Gasteiger partial charge on any atom is 0.533 e. The molecule has 188 valence electrons. The lowest BCUT2D eigenvalue weighted by molar-refractivity contribution is -0.177. The molecule has 1 fully saturated rings. The molecule has 36 heavy (non-hydrogen) atoms. The van der Waals surface area contributed by atoms with Gasteiger partial charge >= 0.3 is 6.16 Å². The molecule has 3 amide bonds. The minimum absolute atomic E-state index is 0.00477. The Morgan fingerprint density at radius 1 is 1.03 bits per heavy atom. The quantitative estimate of drug-likeness (QED) is 0.322. The Bertz CT molecular complexity index is 1220. The van der Waals surface area contributed by atoms with Gasteiger partial charge in [0.25, 0.3) is 11.8 Å². The van der Waals surface area contributed by atoms with Crippen molar-refractivity contribution in [3.8, 4) is 11.1 Å². The number of Topliss-reactive ketones (excluding diaryl/α,β-unsaturated/α-hetero) is 1. The summed E-state index contributed by atoms with van der Waals surface area (Å²) in [6, 6.07) is 11.3. The van der Waals surface area contributed by atoms with Gasteiger partial charge in [-0.05, 0) is 41.2 Å². The van der Waals surface area contributed by atoms with Gasteiger partial charge in [0.2, 0.25) is 5.91 Å². The van der Waals surface area contributed by atoms with Crippen molar-refractivity contribution < 1.29 is 33.5 Å². The molecule has 4 rings (SSSR count). The predicted molar refractivity (Wildman–Crippen MR) is 129 cm³/mol. The number of hydrogen-bond donors (Lipinski definition) is 1. The highest BCUT2D eigenvalue weighted by Crippen LogP contribution is 2.47. The van der Waals surface area contributed by atoms with Crippen molar-refractivity contribution in [2.45, 2.75) is 51.9 Å². The maximum absolute atomic E-state index is 12.7. The van der Waals surface area contributed by atoms with E-state index in [-0.39, 0.29) is 37.1 Å². The highest BCUT2D eigenvalue weighted by molar-refractivity contribution is 6.04. The van der Waals surface area contributed by atoms with Gasteiger partial charge in [0.05, 0.1) is 0 Å². The Balaban J connectivity index is 1.60. The minimum atomic E-state index is -1.15. The molecule has 0 aromatic heterocycles. The first-order valence-corrected chi connectivity index (χ1v) is 12.1. The molecule has 2 aliphatic rings. The van der Waals surface area contributed by atoms with Crippen LogP contribution in [0.5, 0.6) is 0 Å². The Labute approximate surface area is 208 Å². The van der Waals surface area contributed by atoms with Crippen LogP contribution >= 0.6 is 0 Å². The highest BCUT2D eigenvalue weighted by Gasteiger charge is 2.35. The molecule has 1 aliphatic heterocycles. The number of imide groups is 1. The molecule has 0 spiro atoms. The number of amides is 3. The van der Waals surface area contributed by atoms with Crippen LogP contribution in [0.4, 0.5) is 4.79 Å². The van der Waals surface area contributed by atoms with Crippen LogP contribution in [-0.2, 0) is 30.4 Å². The van der Waals surface area contributed by atoms with Crippen LogP contribution in [-0.4, -0.2) is 47.9 Å². The second-order valence-electron chi connectivity index (χ2n) is 8.71. The largest absolute Gasteiger partial charge is 0.533 e. The van der Waals surface area contributed by atoms with E-state index in [9.17, 15) is 24.0 Å². The topological polar surface area (TPSA) is 119 Å². The van der Waals surface area contributed by atoms with Crippen LogP contribution in [0.3, 0.4) is 0 Å². The van der Waals surface area contributed by atoms with Crippen molar-refractivity contribution in [1.82, 2.24) is 10.4 Å². The van der Waals surface area contributed by atoms with Gasteiger partial charge in [-0.1, -0.05) is 48.4 Å². The third-order valence-corrected chi connectivity index (χ3v) is 6.41. The average Bonchev–Trinajstić information content (AvgIpc) is 3.36. The lowest BCUT2D eigenvalue weighted by Gasteiger charge is -2.17. The molecule has 2 aromatic rings. The zero-order chi connectivity index (χ0) is 25.8. The number of fused-ring (bicyclic) bond motifs is 3. The first-order valence-electron chi connectivity index (χ1n) is 12.1. The summed E-state index contributed by atoms with van der Waals surface area (Å²) in [5, 5.41) is 3.23. The maximum atomic E-state index is 12.7. The van der Waals surface area contributed by atoms with E-state index in [0.29, 0.717) is 36.4 Å². The second-order valence-corrected chi connectivity index (χ2v) is 8.71. The summed E-state index contributed by atoms with van der Waals surface area (Å²) in [5.74, 6) is -1.60. The van der Waals surface area contributed by atoms with Crippen LogP contribution in [0.15, 0.2) is 36.4 Å². The standard InChI is InChI=1S/C27H28N2O7/c1-3-22(30)19-7-5-6-17-21(15-35-27(34)36-29-24(32)12-13-25(29)33)20-14-16(8-10-18(20)26(17)19)9-11-23(31)28-4-2/h5-8,10,14,21H,3-4,9,11-13,15H2,1-2H3,(H,28,31). The molecule has 1 atom stereocenters. The number of carbonyl (C=O) groups excluding carboxylic acids is 5. The lowest BCUT2D eigenvalue weighted by Crippen LogP contribution is -2.32. The number of ether oxygens (including phenoxy) is 1. The third kappa shape index (κ3) is 5.00. The van der Waals surface area contributed by atoms with Crippen molar-refractivity contribution in [3.05, 3.63) is 58.7 Å². The number of hydroxylamine groups is 2. The molecule has 1 N–H and O–H groups in total. The molecular formula is C27H28N2O7. The molecule has 9 heteroatoms. The summed E-state index contributed by atoms with van der Waals surface area (Å²) in [4.78, 5) is 65.3. The smallest absolute Gasteiger partial charge is 0.432 e. The predicted octanol–water partition coefficient (Wildman–Crippen LogP) is 3.68. The minimum Gasteiger partial charge on any atom is -0.432 e. The molecule has 9 nitrogen and oxygen atoms in total. The molecular weight excluding hydrogens is 464 g/mol. The van der Waals surface area contributed by atoms with Gasteiger partial charge < -0.3 is 10.1 Å². The number of ketones is 1. The number of rotatable bonds is 9. The molecule has 1 saturated heterocycles. The fraction of sp³-hybridized carbons (Fsp3) is 0.370. The molecule has 1 heterocycles. The average molecular weight is 493 g/mol. The van der Waals surface area contributed by atoms with Crippen molar-refractivity contribution in [1.29, 1.82) is 0 Å². The van der Waals surface area contributed by atoms with E-state index in [2.05, 4.69) is 5.32 Å². The fourth-order valence-electron chi connectivity index (χ4n) is 4.67. The monoisotopic (exact) mass is 492 g/mol. The van der Waals surface area contributed by atoms with Gasteiger partial charge in [0.1, 0.15) is 6.61 Å². The number of nitrogens with one attached hydrogen (secondary N) is 1. The number of nitrogens with zero attached hydrogens (tertiary/aromatic N) is 1. The first-order chi connectivity index (χ1) is 17.3. The second kappa shape index (κ2) is 10.7. The van der Waals surface area contributed by atoms with E-state index < -0.39 is 18.0 Å². The Morgan fingerprint density at radius 3 is 2.47 bits per heavy atom. The molecule has 2 aromatic carbocycles. The summed E-state index contributed by atoms with van der Waals surface area (Å²) in [5.41, 5.74) is 4.93. The normalized spacial score (nSPS) is 15.9. The zero-order valence-electron chi connectivity index (χ0n) is 20.3. The van der Waals surface area contributed by atoms with Crippen LogP contribution in [0, 0.1) is 0 Å². The molecule has 0 radical (unpaired) electrons. The summed E-state index contributed by atoms with van der Waals surface area (Å²) in [6.45, 7) is 4.12. The van der Waals surface area contributed by atoms with Gasteiger partial charge in [0.15, 0.2) is 5.78 Å². The van der Waals surface area contributed by atoms with E-state index in [4.69, 9.17) is 9.57 Å². The fourth-order valence-corrected chi connectivity index (χ4v) is 4.67. The third-order valence-electron chi connectivity index (χ3n) is 6.41. The number of hydrogen-bond acceptors (Lipinski definition) is 7. The van der Waals surface area contributed by atoms with Gasteiger partial charge in [-0.25, -0.2) is 4.79 Å². The first kappa shape index (κ1) is 25.1. The summed E-state index contributed by atoms with van der Waals surface area (Å²) < 4.78 is 5.34. The lowest BCUT2D eigenvalue weighted by atomic mass is 9.94. The number of carbonyl (C=O) groups is 5. The summed E-state index contributed by atoms with van der Waals surface area (Å²) >= 11 is 0. The Hall–Kier alpha value is -4.01. The Kier molecular flexibility index (Phi) is 7.47. The van der Waals surface area contributed by atoms with E-state index in [1.54, 1.807) is 19.1 Å². The number of benzene rings is 2. The summed E-state index contributed by atoms with van der Waals surface area (Å²) in [6.07, 6.45) is 0.0462. The number of aryl methyl sites for hydroxylation is 1. The van der Waals surface area contributed by atoms with Gasteiger partial charge in [-0.3, -0.25) is 24.0 Å². The van der Waals surface area contributed by atoms with Crippen molar-refractivity contribution in [2.24, 2.45) is 0 Å². The Morgan fingerprint density at radius 2 is 1.78 bits per heavy atom. The zero-order valence-corrected chi connectivity index (χ0v) is 20.3. The van der Waals surface area contributed by atoms with Crippen molar-refractivity contribution >= 4 is 29.7 Å². The van der Waals surface area contributed by atoms with Crippen molar-refractivity contribution in [3.63, 3.8) is 0 Å². The van der Waals surface area contributed by atoms with Crippen LogP contribution in [0.25, 0.3) is 11.1 Å². The van der Waals surface area contributed by atoms with Crippen LogP contribution in [0.1, 0.15) is 72.5 Å².